The molecule has 0 saturated heterocycles. The van der Waals surface area contributed by atoms with Crippen molar-refractivity contribution in [3.05, 3.63) is 28.0 Å². The number of aromatic nitrogens is 2. The van der Waals surface area contributed by atoms with Crippen LogP contribution in [0.5, 0.6) is 0 Å². The molecule has 17 heavy (non-hydrogen) atoms. The molecule has 0 unspecified atom stereocenters. The number of hydrogen-bond donors (Lipinski definition) is 2. The molecule has 2 aromatic rings. The molecule has 0 aliphatic carbocycles. The van der Waals surface area contributed by atoms with Gasteiger partial charge in [0, 0.05) is 0 Å². The predicted molar refractivity (Wildman–Crippen MR) is 57.1 cm³/mol. The summed E-state index contributed by atoms with van der Waals surface area (Å²) in [6, 6.07) is 2.67. The molecule has 0 saturated carbocycles. The molecular formula is C9H5Cl2F3N2O. The van der Waals surface area contributed by atoms with Gasteiger partial charge in [0.25, 0.3) is 0 Å². The molecule has 2 rings (SSSR count). The Kier molecular flexibility index (Phi) is 2.97. The highest BCUT2D eigenvalue weighted by Gasteiger charge is 2.41. The van der Waals surface area contributed by atoms with E-state index in [4.69, 9.17) is 28.3 Å². The first-order valence-corrected chi connectivity index (χ1v) is 5.14. The number of nitrogens with one attached hydrogen (secondary N) is 1. The van der Waals surface area contributed by atoms with Gasteiger partial charge in [-0.05, 0) is 12.1 Å². The summed E-state index contributed by atoms with van der Waals surface area (Å²) in [5, 5.41) is 9.38. The topological polar surface area (TPSA) is 48.9 Å². The number of nitrogens with zero attached hydrogens (tertiary/aromatic N) is 1. The molecule has 0 fully saturated rings. The zero-order chi connectivity index (χ0) is 12.8. The van der Waals surface area contributed by atoms with Crippen LogP contribution in [0.25, 0.3) is 11.0 Å². The summed E-state index contributed by atoms with van der Waals surface area (Å²) in [5.41, 5.74) is 0.482. The zero-order valence-electron chi connectivity index (χ0n) is 8.02. The van der Waals surface area contributed by atoms with Crippen molar-refractivity contribution in [2.45, 2.75) is 12.3 Å². The van der Waals surface area contributed by atoms with Crippen molar-refractivity contribution in [2.75, 3.05) is 0 Å². The Labute approximate surface area is 103 Å². The lowest BCUT2D eigenvalue weighted by molar-refractivity contribution is -0.208. The van der Waals surface area contributed by atoms with E-state index in [0.29, 0.717) is 0 Å². The second-order valence-electron chi connectivity index (χ2n) is 3.35. The number of fused-ring (bicyclic) bond motifs is 1. The van der Waals surface area contributed by atoms with Gasteiger partial charge in [0.15, 0.2) is 0 Å². The van der Waals surface area contributed by atoms with Crippen molar-refractivity contribution >= 4 is 34.2 Å². The van der Waals surface area contributed by atoms with E-state index in [0.717, 1.165) is 0 Å². The van der Waals surface area contributed by atoms with Gasteiger partial charge in [-0.1, -0.05) is 23.2 Å². The fourth-order valence-corrected chi connectivity index (χ4v) is 1.63. The minimum atomic E-state index is -4.78. The molecule has 1 heterocycles. The van der Waals surface area contributed by atoms with Crippen LogP contribution in [0.15, 0.2) is 12.1 Å². The van der Waals surface area contributed by atoms with Crippen molar-refractivity contribution in [1.29, 1.82) is 0 Å². The molecule has 1 aromatic heterocycles. The first kappa shape index (κ1) is 12.5. The van der Waals surface area contributed by atoms with Crippen molar-refractivity contribution < 1.29 is 18.3 Å². The highest BCUT2D eigenvalue weighted by molar-refractivity contribution is 6.42. The Hall–Kier alpha value is -0.980. The molecule has 0 aliphatic heterocycles. The van der Waals surface area contributed by atoms with Gasteiger partial charge in [-0.15, -0.1) is 0 Å². The standard InChI is InChI=1S/C9H5Cl2F3N2O/c10-3-1-5-6(2-4(3)11)16-8(15-5)7(17)9(12,13)14/h1-2,7,17H,(H,15,16)/t7-/m1/s1. The third-order valence-corrected chi connectivity index (χ3v) is 2.83. The molecular weight excluding hydrogens is 280 g/mol. The summed E-state index contributed by atoms with van der Waals surface area (Å²) < 4.78 is 36.8. The van der Waals surface area contributed by atoms with E-state index >= 15 is 0 Å². The average molecular weight is 285 g/mol. The van der Waals surface area contributed by atoms with Crippen LogP contribution in [0.3, 0.4) is 0 Å². The first-order valence-electron chi connectivity index (χ1n) is 4.38. The largest absolute Gasteiger partial charge is 0.421 e. The van der Waals surface area contributed by atoms with Crippen LogP contribution in [-0.4, -0.2) is 21.3 Å². The maximum absolute atomic E-state index is 12.3. The van der Waals surface area contributed by atoms with Gasteiger partial charge in [0.2, 0.25) is 6.10 Å². The summed E-state index contributed by atoms with van der Waals surface area (Å²) in [4.78, 5) is 5.96. The first-order chi connectivity index (χ1) is 7.79. The maximum atomic E-state index is 12.3. The fraction of sp³-hybridized carbons (Fsp3) is 0.222. The molecule has 8 heteroatoms. The third-order valence-electron chi connectivity index (χ3n) is 2.11. The molecule has 2 N–H and O–H groups in total. The summed E-state index contributed by atoms with van der Waals surface area (Å²) in [5.74, 6) is -0.592. The quantitative estimate of drug-likeness (QED) is 0.842. The highest BCUT2D eigenvalue weighted by Crippen LogP contribution is 2.33. The fourth-order valence-electron chi connectivity index (χ4n) is 1.31. The summed E-state index contributed by atoms with van der Waals surface area (Å²) in [6.45, 7) is 0. The Morgan fingerprint density at radius 1 is 1.24 bits per heavy atom. The van der Waals surface area contributed by atoms with Crippen LogP contribution in [0.4, 0.5) is 13.2 Å². The number of aromatic amines is 1. The van der Waals surface area contributed by atoms with Gasteiger partial charge in [-0.3, -0.25) is 0 Å². The van der Waals surface area contributed by atoms with Crippen LogP contribution < -0.4 is 0 Å². The molecule has 1 atom stereocenters. The Morgan fingerprint density at radius 2 is 1.82 bits per heavy atom. The Bertz CT molecular complexity index is 528. The maximum Gasteiger partial charge on any atom is 0.421 e. The smallest absolute Gasteiger partial charge is 0.377 e. The number of alkyl halides is 3. The second-order valence-corrected chi connectivity index (χ2v) is 4.16. The molecule has 0 radical (unpaired) electrons. The lowest BCUT2D eigenvalue weighted by atomic mass is 10.3. The minimum absolute atomic E-state index is 0.179. The monoisotopic (exact) mass is 284 g/mol. The van der Waals surface area contributed by atoms with Crippen LogP contribution in [0.1, 0.15) is 11.9 Å². The number of imidazole rings is 1. The van der Waals surface area contributed by atoms with Crippen molar-refractivity contribution in [3.8, 4) is 0 Å². The predicted octanol–water partition coefficient (Wildman–Crippen LogP) is 3.47. The van der Waals surface area contributed by atoms with Crippen molar-refractivity contribution in [1.82, 2.24) is 9.97 Å². The number of rotatable bonds is 1. The van der Waals surface area contributed by atoms with Gasteiger partial charge in [0.1, 0.15) is 5.82 Å². The van der Waals surface area contributed by atoms with Gasteiger partial charge < -0.3 is 10.1 Å². The van der Waals surface area contributed by atoms with E-state index in [2.05, 4.69) is 9.97 Å². The van der Waals surface area contributed by atoms with E-state index in [1.165, 1.54) is 12.1 Å². The Morgan fingerprint density at radius 3 is 2.41 bits per heavy atom. The van der Waals surface area contributed by atoms with Gasteiger partial charge in [0.05, 0.1) is 21.1 Å². The molecule has 0 amide bonds. The molecule has 0 spiro atoms. The number of halogens is 5. The van der Waals surface area contributed by atoms with Crippen LogP contribution >= 0.6 is 23.2 Å². The molecule has 0 aliphatic rings. The zero-order valence-corrected chi connectivity index (χ0v) is 9.53. The van der Waals surface area contributed by atoms with Crippen molar-refractivity contribution in [3.63, 3.8) is 0 Å². The summed E-state index contributed by atoms with van der Waals surface area (Å²) >= 11 is 11.4. The normalized spacial score (nSPS) is 14.2. The number of benzene rings is 1. The number of aliphatic hydroxyl groups is 1. The lowest BCUT2D eigenvalue weighted by Gasteiger charge is -2.10. The van der Waals surface area contributed by atoms with E-state index < -0.39 is 18.1 Å². The molecule has 0 bridgehead atoms. The van der Waals surface area contributed by atoms with Crippen molar-refractivity contribution in [2.24, 2.45) is 0 Å². The van der Waals surface area contributed by atoms with Gasteiger partial charge >= 0.3 is 6.18 Å². The number of hydrogen-bond acceptors (Lipinski definition) is 2. The highest BCUT2D eigenvalue weighted by atomic mass is 35.5. The summed E-state index contributed by atoms with van der Waals surface area (Å²) in [7, 11) is 0. The molecule has 1 aromatic carbocycles. The lowest BCUT2D eigenvalue weighted by Crippen LogP contribution is -2.21. The van der Waals surface area contributed by atoms with E-state index in [9.17, 15) is 13.2 Å². The average Bonchev–Trinajstić information content (AvgIpc) is 2.59. The molecule has 92 valence electrons. The van der Waals surface area contributed by atoms with E-state index in [1.807, 2.05) is 0 Å². The summed E-state index contributed by atoms with van der Waals surface area (Å²) in [6.07, 6.45) is -7.44. The van der Waals surface area contributed by atoms with Crippen LogP contribution in [0.2, 0.25) is 10.0 Å². The van der Waals surface area contributed by atoms with Gasteiger partial charge in [-0.25, -0.2) is 4.98 Å². The SMILES string of the molecule is O[C@H](c1nc2cc(Cl)c(Cl)cc2[nH]1)C(F)(F)F. The third kappa shape index (κ3) is 2.34. The second kappa shape index (κ2) is 4.04. The van der Waals surface area contributed by atoms with Crippen LogP contribution in [0, 0.1) is 0 Å². The Balaban J connectivity index is 2.52. The van der Waals surface area contributed by atoms with E-state index in [1.54, 1.807) is 0 Å². The minimum Gasteiger partial charge on any atom is -0.377 e. The van der Waals surface area contributed by atoms with E-state index in [-0.39, 0.29) is 21.1 Å². The number of aliphatic hydroxyl groups excluding tert-OH is 1. The van der Waals surface area contributed by atoms with Gasteiger partial charge in [-0.2, -0.15) is 13.2 Å². The molecule has 3 nitrogen and oxygen atoms in total. The van der Waals surface area contributed by atoms with Crippen LogP contribution in [-0.2, 0) is 0 Å². The number of H-pyrrole nitrogens is 1.